The summed E-state index contributed by atoms with van der Waals surface area (Å²) in [6, 6.07) is 1.77. The van der Waals surface area contributed by atoms with Gasteiger partial charge in [0.05, 0.1) is 23.9 Å². The number of aryl methyl sites for hydroxylation is 1. The van der Waals surface area contributed by atoms with Crippen molar-refractivity contribution < 1.29 is 4.74 Å². The molecular formula is C13H16ClN5O. The molecule has 0 aliphatic carbocycles. The molecular weight excluding hydrogens is 278 g/mol. The lowest BCUT2D eigenvalue weighted by Gasteiger charge is -2.26. The Morgan fingerprint density at radius 2 is 1.95 bits per heavy atom. The molecule has 0 atom stereocenters. The molecule has 3 heterocycles. The summed E-state index contributed by atoms with van der Waals surface area (Å²) in [7, 11) is 1.90. The van der Waals surface area contributed by atoms with Gasteiger partial charge in [0.2, 0.25) is 0 Å². The number of nitrogens with zero attached hydrogens (tertiary/aromatic N) is 5. The predicted octanol–water partition coefficient (Wildman–Crippen LogP) is 1.36. The van der Waals surface area contributed by atoms with Crippen LogP contribution in [0.2, 0.25) is 5.02 Å². The second-order valence-electron chi connectivity index (χ2n) is 4.69. The van der Waals surface area contributed by atoms with Gasteiger partial charge in [-0.2, -0.15) is 5.10 Å². The third kappa shape index (κ3) is 2.67. The Hall–Kier alpha value is -1.50. The monoisotopic (exact) mass is 293 g/mol. The minimum atomic E-state index is 0.557. The van der Waals surface area contributed by atoms with Gasteiger partial charge in [0.25, 0.3) is 0 Å². The first kappa shape index (κ1) is 13.5. The highest BCUT2D eigenvalue weighted by molar-refractivity contribution is 6.33. The summed E-state index contributed by atoms with van der Waals surface area (Å²) in [5.74, 6) is 0.557. The Morgan fingerprint density at radius 1 is 1.25 bits per heavy atom. The van der Waals surface area contributed by atoms with Gasteiger partial charge in [0, 0.05) is 39.1 Å². The quantitative estimate of drug-likeness (QED) is 0.855. The zero-order valence-corrected chi connectivity index (χ0v) is 12.0. The second kappa shape index (κ2) is 5.87. The number of aromatic nitrogens is 4. The van der Waals surface area contributed by atoms with Crippen molar-refractivity contribution in [3.63, 3.8) is 0 Å². The minimum absolute atomic E-state index is 0.557. The van der Waals surface area contributed by atoms with Gasteiger partial charge < -0.3 is 4.74 Å². The Morgan fingerprint density at radius 3 is 2.65 bits per heavy atom. The Balaban J connectivity index is 1.87. The van der Waals surface area contributed by atoms with E-state index in [1.165, 1.54) is 0 Å². The maximum Gasteiger partial charge on any atom is 0.181 e. The standard InChI is InChI=1S/C13H16ClN5O/c1-18-10(9-19-5-7-20-8-6-19)11(14)12(17-18)13-15-3-2-4-16-13/h2-4H,5-9H2,1H3. The molecule has 1 fully saturated rings. The van der Waals surface area contributed by atoms with E-state index in [1.54, 1.807) is 18.5 Å². The largest absolute Gasteiger partial charge is 0.379 e. The number of hydrogen-bond donors (Lipinski definition) is 0. The minimum Gasteiger partial charge on any atom is -0.379 e. The number of ether oxygens (including phenoxy) is 1. The summed E-state index contributed by atoms with van der Waals surface area (Å²) < 4.78 is 7.16. The molecule has 2 aromatic heterocycles. The zero-order chi connectivity index (χ0) is 13.9. The van der Waals surface area contributed by atoms with E-state index in [4.69, 9.17) is 16.3 Å². The molecule has 0 bridgehead atoms. The summed E-state index contributed by atoms with van der Waals surface area (Å²) in [5, 5.41) is 5.08. The first-order valence-electron chi connectivity index (χ1n) is 6.54. The number of hydrogen-bond acceptors (Lipinski definition) is 5. The highest BCUT2D eigenvalue weighted by Gasteiger charge is 2.20. The Labute approximate surface area is 122 Å². The molecule has 106 valence electrons. The van der Waals surface area contributed by atoms with Gasteiger partial charge in [0.15, 0.2) is 5.82 Å². The predicted molar refractivity (Wildman–Crippen MR) is 75.3 cm³/mol. The smallest absolute Gasteiger partial charge is 0.181 e. The molecule has 0 spiro atoms. The fraction of sp³-hybridized carbons (Fsp3) is 0.462. The van der Waals surface area contributed by atoms with Crippen molar-refractivity contribution in [1.82, 2.24) is 24.6 Å². The van der Waals surface area contributed by atoms with E-state index < -0.39 is 0 Å². The van der Waals surface area contributed by atoms with E-state index >= 15 is 0 Å². The number of halogens is 1. The molecule has 0 N–H and O–H groups in total. The molecule has 1 aliphatic rings. The van der Waals surface area contributed by atoms with Gasteiger partial charge in [-0.3, -0.25) is 9.58 Å². The highest BCUT2D eigenvalue weighted by Crippen LogP contribution is 2.28. The average Bonchev–Trinajstić information content (AvgIpc) is 2.77. The van der Waals surface area contributed by atoms with Gasteiger partial charge in [-0.25, -0.2) is 9.97 Å². The van der Waals surface area contributed by atoms with E-state index in [9.17, 15) is 0 Å². The summed E-state index contributed by atoms with van der Waals surface area (Å²) in [6.45, 7) is 4.13. The van der Waals surface area contributed by atoms with Gasteiger partial charge in [-0.15, -0.1) is 0 Å². The number of rotatable bonds is 3. The molecule has 0 aromatic carbocycles. The van der Waals surface area contributed by atoms with Crippen LogP contribution >= 0.6 is 11.6 Å². The number of morpholine rings is 1. The second-order valence-corrected chi connectivity index (χ2v) is 5.07. The SMILES string of the molecule is Cn1nc(-c2ncccn2)c(Cl)c1CN1CCOCC1. The molecule has 1 aliphatic heterocycles. The fourth-order valence-corrected chi connectivity index (χ4v) is 2.54. The van der Waals surface area contributed by atoms with Crippen LogP contribution in [0.1, 0.15) is 5.69 Å². The first-order valence-corrected chi connectivity index (χ1v) is 6.92. The molecule has 1 saturated heterocycles. The molecule has 0 amide bonds. The molecule has 0 unspecified atom stereocenters. The van der Waals surface area contributed by atoms with Crippen LogP contribution < -0.4 is 0 Å². The molecule has 0 radical (unpaired) electrons. The average molecular weight is 294 g/mol. The first-order chi connectivity index (χ1) is 9.75. The summed E-state index contributed by atoms with van der Waals surface area (Å²) in [4.78, 5) is 10.7. The van der Waals surface area contributed by atoms with Crippen LogP contribution in [0, 0.1) is 0 Å². The van der Waals surface area contributed by atoms with E-state index in [2.05, 4.69) is 20.0 Å². The molecule has 3 rings (SSSR count). The zero-order valence-electron chi connectivity index (χ0n) is 11.3. The third-order valence-electron chi connectivity index (χ3n) is 3.36. The summed E-state index contributed by atoms with van der Waals surface area (Å²) in [5.41, 5.74) is 1.62. The fourth-order valence-electron chi connectivity index (χ4n) is 2.24. The lowest BCUT2D eigenvalue weighted by Crippen LogP contribution is -2.36. The molecule has 0 saturated carbocycles. The van der Waals surface area contributed by atoms with E-state index in [1.807, 2.05) is 11.7 Å². The lowest BCUT2D eigenvalue weighted by molar-refractivity contribution is 0.0331. The lowest BCUT2D eigenvalue weighted by atomic mass is 10.3. The van der Waals surface area contributed by atoms with Crippen molar-refractivity contribution in [3.05, 3.63) is 29.2 Å². The van der Waals surface area contributed by atoms with E-state index in [-0.39, 0.29) is 0 Å². The third-order valence-corrected chi connectivity index (χ3v) is 3.75. The van der Waals surface area contributed by atoms with Crippen LogP contribution in [-0.4, -0.2) is 51.0 Å². The summed E-state index contributed by atoms with van der Waals surface area (Å²) in [6.07, 6.45) is 3.38. The van der Waals surface area contributed by atoms with Crippen LogP contribution in [0.3, 0.4) is 0 Å². The highest BCUT2D eigenvalue weighted by atomic mass is 35.5. The van der Waals surface area contributed by atoms with Crippen molar-refractivity contribution in [2.75, 3.05) is 26.3 Å². The van der Waals surface area contributed by atoms with Crippen LogP contribution in [0.5, 0.6) is 0 Å². The maximum atomic E-state index is 6.46. The van der Waals surface area contributed by atoms with E-state index in [0.717, 1.165) is 38.5 Å². The molecule has 20 heavy (non-hydrogen) atoms. The van der Waals surface area contributed by atoms with Gasteiger partial charge in [0.1, 0.15) is 5.69 Å². The topological polar surface area (TPSA) is 56.1 Å². The van der Waals surface area contributed by atoms with Gasteiger partial charge >= 0.3 is 0 Å². The van der Waals surface area contributed by atoms with Crippen molar-refractivity contribution >= 4 is 11.6 Å². The van der Waals surface area contributed by atoms with Crippen LogP contribution in [0.15, 0.2) is 18.5 Å². The molecule has 2 aromatic rings. The van der Waals surface area contributed by atoms with Crippen LogP contribution in [0.25, 0.3) is 11.5 Å². The van der Waals surface area contributed by atoms with E-state index in [0.29, 0.717) is 16.5 Å². The van der Waals surface area contributed by atoms with Crippen molar-refractivity contribution in [2.45, 2.75) is 6.54 Å². The van der Waals surface area contributed by atoms with Crippen LogP contribution in [-0.2, 0) is 18.3 Å². The summed E-state index contributed by atoms with van der Waals surface area (Å²) >= 11 is 6.46. The Kier molecular flexibility index (Phi) is 3.95. The van der Waals surface area contributed by atoms with Gasteiger partial charge in [-0.05, 0) is 6.07 Å². The maximum absolute atomic E-state index is 6.46. The van der Waals surface area contributed by atoms with Crippen molar-refractivity contribution in [1.29, 1.82) is 0 Å². The van der Waals surface area contributed by atoms with Crippen molar-refractivity contribution in [3.8, 4) is 11.5 Å². The Bertz CT molecular complexity index is 580. The van der Waals surface area contributed by atoms with Crippen LogP contribution in [0.4, 0.5) is 0 Å². The molecule has 6 nitrogen and oxygen atoms in total. The van der Waals surface area contributed by atoms with Gasteiger partial charge in [-0.1, -0.05) is 11.6 Å². The molecule has 7 heteroatoms. The van der Waals surface area contributed by atoms with Crippen molar-refractivity contribution in [2.24, 2.45) is 7.05 Å². The normalized spacial score (nSPS) is 16.5.